The SMILES string of the molecule is O=C(O)C1CNCCN1c1cc([N+](=O)[O-])ccn1. The van der Waals surface area contributed by atoms with Crippen molar-refractivity contribution >= 4 is 17.5 Å². The minimum absolute atomic E-state index is 0.0947. The Kier molecular flexibility index (Phi) is 3.38. The summed E-state index contributed by atoms with van der Waals surface area (Å²) in [4.78, 5) is 26.8. The average molecular weight is 252 g/mol. The standard InChI is InChI=1S/C10H12N4O4/c15-10(16)8-6-11-3-4-13(8)9-5-7(14(17)18)1-2-12-9/h1-2,5,8,11H,3-4,6H2,(H,15,16). The Morgan fingerprint density at radius 1 is 1.67 bits per heavy atom. The number of nitrogens with zero attached hydrogens (tertiary/aromatic N) is 3. The highest BCUT2D eigenvalue weighted by atomic mass is 16.6. The van der Waals surface area contributed by atoms with Crippen molar-refractivity contribution < 1.29 is 14.8 Å². The normalized spacial score (nSPS) is 19.6. The predicted octanol–water partition coefficient (Wildman–Crippen LogP) is -0.147. The third-order valence-electron chi connectivity index (χ3n) is 2.76. The van der Waals surface area contributed by atoms with Crippen LogP contribution in [0.1, 0.15) is 0 Å². The van der Waals surface area contributed by atoms with Crippen LogP contribution in [0.25, 0.3) is 0 Å². The second kappa shape index (κ2) is 4.96. The van der Waals surface area contributed by atoms with Gasteiger partial charge in [0.2, 0.25) is 0 Å². The van der Waals surface area contributed by atoms with E-state index in [2.05, 4.69) is 10.3 Å². The van der Waals surface area contributed by atoms with Crippen molar-refractivity contribution in [2.45, 2.75) is 6.04 Å². The molecule has 2 N–H and O–H groups in total. The molecule has 1 fully saturated rings. The van der Waals surface area contributed by atoms with Gasteiger partial charge in [0.25, 0.3) is 5.69 Å². The van der Waals surface area contributed by atoms with Crippen LogP contribution >= 0.6 is 0 Å². The summed E-state index contributed by atoms with van der Waals surface area (Å²) in [5, 5.41) is 22.8. The van der Waals surface area contributed by atoms with E-state index >= 15 is 0 Å². The molecule has 2 rings (SSSR count). The summed E-state index contributed by atoms with van der Waals surface area (Å²) in [5.74, 6) is -0.659. The second-order valence-corrected chi connectivity index (χ2v) is 3.88. The molecule has 1 aromatic heterocycles. The van der Waals surface area contributed by atoms with E-state index in [0.29, 0.717) is 25.5 Å². The van der Waals surface area contributed by atoms with E-state index in [9.17, 15) is 14.9 Å². The number of nitrogens with one attached hydrogen (secondary N) is 1. The first kappa shape index (κ1) is 12.2. The van der Waals surface area contributed by atoms with Gasteiger partial charge in [0.05, 0.1) is 11.0 Å². The van der Waals surface area contributed by atoms with Gasteiger partial charge in [0.1, 0.15) is 11.9 Å². The Morgan fingerprint density at radius 2 is 2.44 bits per heavy atom. The monoisotopic (exact) mass is 252 g/mol. The van der Waals surface area contributed by atoms with E-state index in [1.54, 1.807) is 4.90 Å². The van der Waals surface area contributed by atoms with Crippen LogP contribution in [0.5, 0.6) is 0 Å². The lowest BCUT2D eigenvalue weighted by Gasteiger charge is -2.34. The summed E-state index contributed by atoms with van der Waals surface area (Å²) in [5.41, 5.74) is -0.0947. The molecule has 0 bridgehead atoms. The zero-order chi connectivity index (χ0) is 13.1. The molecule has 96 valence electrons. The molecule has 0 spiro atoms. The van der Waals surface area contributed by atoms with Gasteiger partial charge in [0.15, 0.2) is 0 Å². The Morgan fingerprint density at radius 3 is 3.11 bits per heavy atom. The number of aromatic nitrogens is 1. The number of piperazine rings is 1. The number of nitro groups is 1. The molecular formula is C10H12N4O4. The van der Waals surface area contributed by atoms with Gasteiger partial charge in [-0.05, 0) is 0 Å². The highest BCUT2D eigenvalue weighted by molar-refractivity contribution is 5.78. The van der Waals surface area contributed by atoms with Crippen LogP contribution in [0.4, 0.5) is 11.5 Å². The summed E-state index contributed by atoms with van der Waals surface area (Å²) in [7, 11) is 0. The molecule has 1 aliphatic heterocycles. The third-order valence-corrected chi connectivity index (χ3v) is 2.76. The van der Waals surface area contributed by atoms with Gasteiger partial charge in [-0.1, -0.05) is 0 Å². The van der Waals surface area contributed by atoms with Crippen molar-refractivity contribution in [3.05, 3.63) is 28.4 Å². The van der Waals surface area contributed by atoms with Crippen molar-refractivity contribution in [3.63, 3.8) is 0 Å². The topological polar surface area (TPSA) is 109 Å². The van der Waals surface area contributed by atoms with Crippen LogP contribution < -0.4 is 10.2 Å². The lowest BCUT2D eigenvalue weighted by Crippen LogP contribution is -2.55. The zero-order valence-electron chi connectivity index (χ0n) is 9.44. The Labute approximate surface area is 102 Å². The van der Waals surface area contributed by atoms with E-state index in [-0.39, 0.29) is 5.69 Å². The molecule has 1 unspecified atom stereocenters. The van der Waals surface area contributed by atoms with Crippen molar-refractivity contribution in [2.24, 2.45) is 0 Å². The molecule has 1 aromatic rings. The fraction of sp³-hybridized carbons (Fsp3) is 0.400. The smallest absolute Gasteiger partial charge is 0.327 e. The summed E-state index contributed by atoms with van der Waals surface area (Å²) in [6.45, 7) is 1.36. The third kappa shape index (κ3) is 2.38. The number of rotatable bonds is 3. The number of pyridine rings is 1. The van der Waals surface area contributed by atoms with E-state index < -0.39 is 16.9 Å². The molecule has 2 heterocycles. The fourth-order valence-electron chi connectivity index (χ4n) is 1.88. The molecule has 0 saturated carbocycles. The first-order chi connectivity index (χ1) is 8.59. The first-order valence-electron chi connectivity index (χ1n) is 5.40. The fourth-order valence-corrected chi connectivity index (χ4v) is 1.88. The molecule has 1 aliphatic rings. The van der Waals surface area contributed by atoms with E-state index in [0.717, 1.165) is 0 Å². The summed E-state index contributed by atoms with van der Waals surface area (Å²) >= 11 is 0. The molecule has 0 aromatic carbocycles. The molecule has 1 atom stereocenters. The quantitative estimate of drug-likeness (QED) is 0.568. The Bertz CT molecular complexity index is 479. The van der Waals surface area contributed by atoms with Crippen molar-refractivity contribution in [1.82, 2.24) is 10.3 Å². The van der Waals surface area contributed by atoms with Gasteiger partial charge in [-0.2, -0.15) is 0 Å². The van der Waals surface area contributed by atoms with Gasteiger partial charge in [0, 0.05) is 31.9 Å². The molecule has 0 amide bonds. The number of aliphatic carboxylic acids is 1. The van der Waals surface area contributed by atoms with Crippen LogP contribution in [-0.4, -0.2) is 46.7 Å². The largest absolute Gasteiger partial charge is 0.480 e. The summed E-state index contributed by atoms with van der Waals surface area (Å²) < 4.78 is 0. The van der Waals surface area contributed by atoms with Crippen molar-refractivity contribution in [2.75, 3.05) is 24.5 Å². The molecule has 8 nitrogen and oxygen atoms in total. The Balaban J connectivity index is 2.30. The molecular weight excluding hydrogens is 240 g/mol. The summed E-state index contributed by atoms with van der Waals surface area (Å²) in [6.07, 6.45) is 1.31. The molecule has 18 heavy (non-hydrogen) atoms. The minimum atomic E-state index is -0.976. The van der Waals surface area contributed by atoms with Gasteiger partial charge < -0.3 is 15.3 Å². The number of carbonyl (C=O) groups is 1. The molecule has 1 saturated heterocycles. The van der Waals surface area contributed by atoms with Crippen molar-refractivity contribution in [3.8, 4) is 0 Å². The second-order valence-electron chi connectivity index (χ2n) is 3.88. The van der Waals surface area contributed by atoms with Gasteiger partial charge >= 0.3 is 5.97 Å². The van der Waals surface area contributed by atoms with Crippen LogP contribution in [-0.2, 0) is 4.79 Å². The van der Waals surface area contributed by atoms with Crippen LogP contribution in [0, 0.1) is 10.1 Å². The summed E-state index contributed by atoms with van der Waals surface area (Å²) in [6, 6.07) is 1.82. The number of hydrogen-bond donors (Lipinski definition) is 2. The van der Waals surface area contributed by atoms with Crippen molar-refractivity contribution in [1.29, 1.82) is 0 Å². The average Bonchev–Trinajstić information content (AvgIpc) is 2.39. The minimum Gasteiger partial charge on any atom is -0.480 e. The van der Waals surface area contributed by atoms with E-state index in [4.69, 9.17) is 5.11 Å². The van der Waals surface area contributed by atoms with Crippen LogP contribution in [0.3, 0.4) is 0 Å². The van der Waals surface area contributed by atoms with Crippen LogP contribution in [0.2, 0.25) is 0 Å². The van der Waals surface area contributed by atoms with Gasteiger partial charge in [-0.3, -0.25) is 10.1 Å². The molecule has 0 radical (unpaired) electrons. The molecule has 0 aliphatic carbocycles. The molecule has 8 heteroatoms. The number of carboxylic acid groups (broad SMARTS) is 1. The highest BCUT2D eigenvalue weighted by Gasteiger charge is 2.29. The maximum atomic E-state index is 11.1. The number of carboxylic acids is 1. The van der Waals surface area contributed by atoms with Crippen LogP contribution in [0.15, 0.2) is 18.3 Å². The zero-order valence-corrected chi connectivity index (χ0v) is 9.44. The lowest BCUT2D eigenvalue weighted by atomic mass is 10.2. The van der Waals surface area contributed by atoms with E-state index in [1.807, 2.05) is 0 Å². The van der Waals surface area contributed by atoms with Gasteiger partial charge in [-0.15, -0.1) is 0 Å². The predicted molar refractivity (Wildman–Crippen MR) is 62.5 cm³/mol. The maximum Gasteiger partial charge on any atom is 0.327 e. The Hall–Kier alpha value is -2.22. The lowest BCUT2D eigenvalue weighted by molar-refractivity contribution is -0.384. The number of anilines is 1. The maximum absolute atomic E-state index is 11.1. The van der Waals surface area contributed by atoms with E-state index in [1.165, 1.54) is 18.3 Å². The first-order valence-corrected chi connectivity index (χ1v) is 5.40. The highest BCUT2D eigenvalue weighted by Crippen LogP contribution is 2.20. The van der Waals surface area contributed by atoms with Gasteiger partial charge in [-0.25, -0.2) is 9.78 Å². The number of hydrogen-bond acceptors (Lipinski definition) is 6.